The van der Waals surface area contributed by atoms with Gasteiger partial charge >= 0.3 is 0 Å². The van der Waals surface area contributed by atoms with Crippen molar-refractivity contribution in [2.45, 2.75) is 57.9 Å². The maximum absolute atomic E-state index is 3.81. The minimum Gasteiger partial charge on any atom is -0.313 e. The topological polar surface area (TPSA) is 12.0 Å². The fourth-order valence-corrected chi connectivity index (χ4v) is 4.42. The number of nitrogens with one attached hydrogen (secondary N) is 1. The van der Waals surface area contributed by atoms with E-state index in [1.54, 1.807) is 19.3 Å². The predicted molar refractivity (Wildman–Crippen MR) is 76.5 cm³/mol. The Morgan fingerprint density at radius 1 is 1.24 bits per heavy atom. The van der Waals surface area contributed by atoms with E-state index >= 15 is 0 Å². The first kappa shape index (κ1) is 12.3. The molecule has 0 aromatic rings. The summed E-state index contributed by atoms with van der Waals surface area (Å²) in [7, 11) is 0. The Balaban J connectivity index is 1.45. The average Bonchev–Trinajstić information content (AvgIpc) is 3.24. The van der Waals surface area contributed by atoms with Crippen molar-refractivity contribution in [1.29, 1.82) is 0 Å². The van der Waals surface area contributed by atoms with Crippen LogP contribution in [-0.4, -0.2) is 24.1 Å². The molecule has 1 N–H and O–H groups in total. The highest BCUT2D eigenvalue weighted by Crippen LogP contribution is 2.61. The second-order valence-corrected chi connectivity index (χ2v) is 8.01. The lowest BCUT2D eigenvalue weighted by Gasteiger charge is -2.31. The van der Waals surface area contributed by atoms with Crippen molar-refractivity contribution in [3.63, 3.8) is 0 Å². The largest absolute Gasteiger partial charge is 0.313 e. The van der Waals surface area contributed by atoms with E-state index in [1.165, 1.54) is 43.7 Å². The summed E-state index contributed by atoms with van der Waals surface area (Å²) in [5, 5.41) is 3.81. The van der Waals surface area contributed by atoms with Crippen LogP contribution in [0.3, 0.4) is 0 Å². The van der Waals surface area contributed by atoms with Crippen LogP contribution in [0.2, 0.25) is 0 Å². The molecule has 98 valence electrons. The molecule has 0 aromatic heterocycles. The normalized spacial score (nSPS) is 39.4. The first-order chi connectivity index (χ1) is 8.31. The third-order valence-corrected chi connectivity index (χ3v) is 5.99. The summed E-state index contributed by atoms with van der Waals surface area (Å²) in [6.45, 7) is 3.61. The van der Waals surface area contributed by atoms with Crippen LogP contribution in [0.1, 0.15) is 51.9 Å². The molecule has 2 heteroatoms. The van der Waals surface area contributed by atoms with Crippen molar-refractivity contribution in [2.75, 3.05) is 18.1 Å². The molecule has 0 heterocycles. The van der Waals surface area contributed by atoms with Gasteiger partial charge in [0.25, 0.3) is 0 Å². The minimum absolute atomic E-state index is 0.713. The van der Waals surface area contributed by atoms with Gasteiger partial charge in [-0.05, 0) is 73.7 Å². The van der Waals surface area contributed by atoms with Crippen LogP contribution in [0.15, 0.2) is 0 Å². The smallest absolute Gasteiger partial charge is 0.00684 e. The Labute approximate surface area is 111 Å². The van der Waals surface area contributed by atoms with Gasteiger partial charge in [-0.25, -0.2) is 0 Å². The molecule has 3 saturated carbocycles. The van der Waals surface area contributed by atoms with Gasteiger partial charge in [0.2, 0.25) is 0 Å². The first-order valence-electron chi connectivity index (χ1n) is 7.62. The Bertz CT molecular complexity index is 252. The number of thioether (sulfide) groups is 1. The standard InChI is InChI=1S/C15H27NS/c1-2-17-7-3-6-15(11-16-14-4-5-14)9-12-8-13(12)10-15/h12-14,16H,2-11H2,1H3. The third kappa shape index (κ3) is 3.20. The SMILES string of the molecule is CCSCCCC1(CNC2CC2)CC2CC2C1. The molecule has 0 spiro atoms. The molecule has 3 aliphatic carbocycles. The Kier molecular flexibility index (Phi) is 3.72. The zero-order chi connectivity index (χ0) is 11.7. The van der Waals surface area contributed by atoms with E-state index in [9.17, 15) is 0 Å². The van der Waals surface area contributed by atoms with Gasteiger partial charge in [0, 0.05) is 12.6 Å². The van der Waals surface area contributed by atoms with Crippen molar-refractivity contribution in [3.8, 4) is 0 Å². The molecule has 3 aliphatic rings. The average molecular weight is 253 g/mol. The van der Waals surface area contributed by atoms with Gasteiger partial charge in [0.15, 0.2) is 0 Å². The van der Waals surface area contributed by atoms with Gasteiger partial charge in [-0.1, -0.05) is 6.92 Å². The van der Waals surface area contributed by atoms with Crippen molar-refractivity contribution in [3.05, 3.63) is 0 Å². The summed E-state index contributed by atoms with van der Waals surface area (Å²) >= 11 is 2.12. The molecule has 0 radical (unpaired) electrons. The van der Waals surface area contributed by atoms with E-state index < -0.39 is 0 Å². The Morgan fingerprint density at radius 3 is 2.65 bits per heavy atom. The molecule has 1 nitrogen and oxygen atoms in total. The van der Waals surface area contributed by atoms with Gasteiger partial charge in [-0.2, -0.15) is 11.8 Å². The van der Waals surface area contributed by atoms with Crippen LogP contribution in [0.5, 0.6) is 0 Å². The quantitative estimate of drug-likeness (QED) is 0.662. The Morgan fingerprint density at radius 2 is 2.00 bits per heavy atom. The van der Waals surface area contributed by atoms with Gasteiger partial charge in [0.1, 0.15) is 0 Å². The van der Waals surface area contributed by atoms with Crippen LogP contribution >= 0.6 is 11.8 Å². The highest BCUT2D eigenvalue weighted by Gasteiger charge is 2.53. The van der Waals surface area contributed by atoms with Crippen molar-refractivity contribution in [1.82, 2.24) is 5.32 Å². The van der Waals surface area contributed by atoms with Crippen molar-refractivity contribution >= 4 is 11.8 Å². The summed E-state index contributed by atoms with van der Waals surface area (Å²) in [6, 6.07) is 0.897. The molecule has 2 unspecified atom stereocenters. The van der Waals surface area contributed by atoms with Crippen LogP contribution in [0.4, 0.5) is 0 Å². The van der Waals surface area contributed by atoms with E-state index in [0.29, 0.717) is 5.41 Å². The molecule has 0 bridgehead atoms. The summed E-state index contributed by atoms with van der Waals surface area (Å²) < 4.78 is 0. The van der Waals surface area contributed by atoms with E-state index in [1.807, 2.05) is 0 Å². The van der Waals surface area contributed by atoms with Crippen LogP contribution in [0, 0.1) is 17.3 Å². The molecule has 17 heavy (non-hydrogen) atoms. The maximum Gasteiger partial charge on any atom is 0.00684 e. The molecule has 0 aromatic carbocycles. The van der Waals surface area contributed by atoms with Crippen molar-refractivity contribution < 1.29 is 0 Å². The van der Waals surface area contributed by atoms with Crippen LogP contribution < -0.4 is 5.32 Å². The summed E-state index contributed by atoms with van der Waals surface area (Å²) in [5.74, 6) is 4.94. The fourth-order valence-electron chi connectivity index (χ4n) is 3.78. The monoisotopic (exact) mass is 253 g/mol. The van der Waals surface area contributed by atoms with E-state index in [4.69, 9.17) is 0 Å². The van der Waals surface area contributed by atoms with Gasteiger partial charge in [-0.3, -0.25) is 0 Å². The second-order valence-electron chi connectivity index (χ2n) is 6.62. The summed E-state index contributed by atoms with van der Waals surface area (Å²) in [5.41, 5.74) is 0.713. The predicted octanol–water partition coefficient (Wildman–Crippen LogP) is 3.69. The van der Waals surface area contributed by atoms with E-state index in [-0.39, 0.29) is 0 Å². The third-order valence-electron chi connectivity index (χ3n) is 5.00. The van der Waals surface area contributed by atoms with E-state index in [2.05, 4.69) is 24.0 Å². The lowest BCUT2D eigenvalue weighted by atomic mass is 9.79. The Hall–Kier alpha value is 0.310. The van der Waals surface area contributed by atoms with Gasteiger partial charge in [-0.15, -0.1) is 0 Å². The highest BCUT2D eigenvalue weighted by atomic mass is 32.2. The number of rotatable bonds is 8. The van der Waals surface area contributed by atoms with Gasteiger partial charge < -0.3 is 5.32 Å². The molecule has 0 saturated heterocycles. The second kappa shape index (κ2) is 5.13. The molecular formula is C15H27NS. The molecule has 2 atom stereocenters. The van der Waals surface area contributed by atoms with E-state index in [0.717, 1.165) is 17.9 Å². The maximum atomic E-state index is 3.81. The molecule has 0 amide bonds. The van der Waals surface area contributed by atoms with Crippen molar-refractivity contribution in [2.24, 2.45) is 17.3 Å². The fraction of sp³-hybridized carbons (Fsp3) is 1.00. The zero-order valence-electron chi connectivity index (χ0n) is 11.2. The molecule has 0 aliphatic heterocycles. The number of hydrogen-bond acceptors (Lipinski definition) is 2. The summed E-state index contributed by atoms with van der Waals surface area (Å²) in [6.07, 6.45) is 10.5. The van der Waals surface area contributed by atoms with Crippen LogP contribution in [-0.2, 0) is 0 Å². The van der Waals surface area contributed by atoms with Gasteiger partial charge in [0.05, 0.1) is 0 Å². The lowest BCUT2D eigenvalue weighted by molar-refractivity contribution is 0.228. The number of hydrogen-bond donors (Lipinski definition) is 1. The highest BCUT2D eigenvalue weighted by molar-refractivity contribution is 7.99. The molecule has 3 fully saturated rings. The molecular weight excluding hydrogens is 226 g/mol. The zero-order valence-corrected chi connectivity index (χ0v) is 12.0. The minimum atomic E-state index is 0.713. The number of fused-ring (bicyclic) bond motifs is 1. The lowest BCUT2D eigenvalue weighted by Crippen LogP contribution is -2.34. The summed E-state index contributed by atoms with van der Waals surface area (Å²) in [4.78, 5) is 0. The first-order valence-corrected chi connectivity index (χ1v) is 8.78. The molecule has 3 rings (SSSR count). The van der Waals surface area contributed by atoms with Crippen LogP contribution in [0.25, 0.3) is 0 Å².